The van der Waals surface area contributed by atoms with Gasteiger partial charge in [-0.25, -0.2) is 4.98 Å². The Bertz CT molecular complexity index is 405. The van der Waals surface area contributed by atoms with Gasteiger partial charge in [0.05, 0.1) is 12.1 Å². The largest absolute Gasteiger partial charge is 0.349 e. The number of nitrogens with zero attached hydrogens (tertiary/aromatic N) is 3. The predicted molar refractivity (Wildman–Crippen MR) is 55.4 cm³/mol. The maximum atomic E-state index is 11.2. The molecule has 0 aliphatic carbocycles. The molecule has 0 radical (unpaired) electrons. The van der Waals surface area contributed by atoms with Gasteiger partial charge >= 0.3 is 0 Å². The molecule has 76 valence electrons. The van der Waals surface area contributed by atoms with Crippen molar-refractivity contribution in [2.75, 3.05) is 18.0 Å². The van der Waals surface area contributed by atoms with Crippen LogP contribution in [0.4, 0.5) is 5.82 Å². The summed E-state index contributed by atoms with van der Waals surface area (Å²) >= 11 is 0. The first-order valence-corrected chi connectivity index (χ1v) is 4.92. The monoisotopic (exact) mass is 201 g/mol. The zero-order chi connectivity index (χ0) is 10.7. The number of hydrogen-bond acceptors (Lipinski definition) is 4. The molecular weight excluding hydrogens is 190 g/mol. The highest BCUT2D eigenvalue weighted by Crippen LogP contribution is 2.15. The van der Waals surface area contributed by atoms with E-state index >= 15 is 0 Å². The summed E-state index contributed by atoms with van der Waals surface area (Å²) < 4.78 is 0. The van der Waals surface area contributed by atoms with Gasteiger partial charge in [0.2, 0.25) is 0 Å². The fourth-order valence-electron chi connectivity index (χ4n) is 1.67. The van der Waals surface area contributed by atoms with Crippen molar-refractivity contribution < 1.29 is 4.79 Å². The molecule has 0 saturated carbocycles. The van der Waals surface area contributed by atoms with Crippen molar-refractivity contribution in [3.8, 4) is 6.07 Å². The Labute approximate surface area is 88.1 Å². The van der Waals surface area contributed by atoms with Crippen molar-refractivity contribution in [3.05, 3.63) is 23.9 Å². The van der Waals surface area contributed by atoms with Crippen molar-refractivity contribution in [1.82, 2.24) is 4.98 Å². The number of hydrogen-bond donors (Lipinski definition) is 0. The fourth-order valence-corrected chi connectivity index (χ4v) is 1.67. The third-order valence-electron chi connectivity index (χ3n) is 2.45. The van der Waals surface area contributed by atoms with Crippen LogP contribution < -0.4 is 4.90 Å². The second kappa shape index (κ2) is 4.09. The third kappa shape index (κ3) is 2.13. The van der Waals surface area contributed by atoms with Crippen molar-refractivity contribution >= 4 is 11.6 Å². The number of anilines is 1. The van der Waals surface area contributed by atoms with Crippen molar-refractivity contribution in [2.24, 2.45) is 0 Å². The maximum Gasteiger partial charge on any atom is 0.152 e. The van der Waals surface area contributed by atoms with Crippen molar-refractivity contribution in [3.63, 3.8) is 0 Å². The quantitative estimate of drug-likeness (QED) is 0.683. The molecule has 1 fully saturated rings. The Balaban J connectivity index is 2.15. The Morgan fingerprint density at radius 1 is 1.47 bits per heavy atom. The average molecular weight is 201 g/mol. The normalized spacial score (nSPS) is 16.2. The lowest BCUT2D eigenvalue weighted by molar-refractivity contribution is -0.118. The topological polar surface area (TPSA) is 57.0 Å². The Hall–Kier alpha value is -1.89. The first-order chi connectivity index (χ1) is 7.29. The molecule has 4 heteroatoms. The highest BCUT2D eigenvalue weighted by molar-refractivity contribution is 5.84. The minimum absolute atomic E-state index is 0.257. The highest BCUT2D eigenvalue weighted by Gasteiger charge is 2.17. The molecule has 1 aromatic rings. The number of ketones is 1. The number of nitriles is 1. The summed E-state index contributed by atoms with van der Waals surface area (Å²) in [5.74, 6) is 1.04. The number of carbonyl (C=O) groups is 1. The van der Waals surface area contributed by atoms with E-state index in [4.69, 9.17) is 5.26 Å². The van der Waals surface area contributed by atoms with Gasteiger partial charge in [0.15, 0.2) is 5.78 Å². The van der Waals surface area contributed by atoms with Crippen LogP contribution in [0.1, 0.15) is 18.4 Å². The van der Waals surface area contributed by atoms with Crippen LogP contribution in [-0.4, -0.2) is 23.9 Å². The number of pyridine rings is 1. The Morgan fingerprint density at radius 3 is 2.93 bits per heavy atom. The summed E-state index contributed by atoms with van der Waals surface area (Å²) in [4.78, 5) is 17.4. The van der Waals surface area contributed by atoms with Crippen LogP contribution in [-0.2, 0) is 4.79 Å². The van der Waals surface area contributed by atoms with Crippen molar-refractivity contribution in [2.45, 2.75) is 12.8 Å². The van der Waals surface area contributed by atoms with Crippen molar-refractivity contribution in [1.29, 1.82) is 5.26 Å². The average Bonchev–Trinajstić information content (AvgIpc) is 2.29. The minimum Gasteiger partial charge on any atom is -0.349 e. The van der Waals surface area contributed by atoms with Crippen LogP contribution in [0.2, 0.25) is 0 Å². The van der Waals surface area contributed by atoms with E-state index < -0.39 is 0 Å². The molecular formula is C11H11N3O. The summed E-state index contributed by atoms with van der Waals surface area (Å²) in [5.41, 5.74) is 0.544. The lowest BCUT2D eigenvalue weighted by atomic mass is 10.1. The SMILES string of the molecule is N#Cc1ccc(N2CCCC(=O)C2)nc1. The molecule has 0 spiro atoms. The second-order valence-corrected chi connectivity index (χ2v) is 3.58. The minimum atomic E-state index is 0.257. The van der Waals surface area contributed by atoms with Crippen LogP contribution in [0.15, 0.2) is 18.3 Å². The molecule has 0 bridgehead atoms. The van der Waals surface area contributed by atoms with Gasteiger partial charge in [-0.3, -0.25) is 4.79 Å². The lowest BCUT2D eigenvalue weighted by Crippen LogP contribution is -2.36. The molecule has 0 N–H and O–H groups in total. The molecule has 15 heavy (non-hydrogen) atoms. The summed E-state index contributed by atoms with van der Waals surface area (Å²) in [6.45, 7) is 1.31. The zero-order valence-corrected chi connectivity index (χ0v) is 8.31. The lowest BCUT2D eigenvalue weighted by Gasteiger charge is -2.26. The van der Waals surface area contributed by atoms with E-state index in [2.05, 4.69) is 4.98 Å². The van der Waals surface area contributed by atoms with Gasteiger partial charge in [-0.2, -0.15) is 5.26 Å². The smallest absolute Gasteiger partial charge is 0.152 e. The van der Waals surface area contributed by atoms with Gasteiger partial charge in [0.1, 0.15) is 11.9 Å². The second-order valence-electron chi connectivity index (χ2n) is 3.58. The van der Waals surface area contributed by atoms with E-state index in [-0.39, 0.29) is 5.78 Å². The number of piperidine rings is 1. The van der Waals surface area contributed by atoms with Gasteiger partial charge in [0.25, 0.3) is 0 Å². The Morgan fingerprint density at radius 2 is 2.33 bits per heavy atom. The van der Waals surface area contributed by atoms with E-state index in [0.29, 0.717) is 18.5 Å². The molecule has 4 nitrogen and oxygen atoms in total. The molecule has 1 aliphatic heterocycles. The molecule has 0 aromatic carbocycles. The van der Waals surface area contributed by atoms with Crippen LogP contribution >= 0.6 is 0 Å². The van der Waals surface area contributed by atoms with Gasteiger partial charge in [0, 0.05) is 19.2 Å². The van der Waals surface area contributed by atoms with E-state index in [1.165, 1.54) is 6.20 Å². The van der Waals surface area contributed by atoms with Gasteiger partial charge in [-0.1, -0.05) is 0 Å². The first kappa shape index (κ1) is 9.66. The molecule has 2 heterocycles. The zero-order valence-electron chi connectivity index (χ0n) is 8.31. The molecule has 0 unspecified atom stereocenters. The molecule has 1 saturated heterocycles. The molecule has 1 aromatic heterocycles. The van der Waals surface area contributed by atoms with E-state index in [0.717, 1.165) is 18.8 Å². The maximum absolute atomic E-state index is 11.2. The van der Waals surface area contributed by atoms with Crippen LogP contribution in [0.5, 0.6) is 0 Å². The summed E-state index contributed by atoms with van der Waals surface area (Å²) in [6, 6.07) is 5.53. The number of aromatic nitrogens is 1. The third-order valence-corrected chi connectivity index (χ3v) is 2.45. The van der Waals surface area contributed by atoms with Gasteiger partial charge in [-0.15, -0.1) is 0 Å². The molecule has 0 atom stereocenters. The van der Waals surface area contributed by atoms with E-state index in [1.807, 2.05) is 11.0 Å². The molecule has 1 aliphatic rings. The highest BCUT2D eigenvalue weighted by atomic mass is 16.1. The summed E-state index contributed by atoms with van der Waals surface area (Å²) in [7, 11) is 0. The molecule has 2 rings (SSSR count). The van der Waals surface area contributed by atoms with E-state index in [9.17, 15) is 4.79 Å². The standard InChI is InChI=1S/C11H11N3O/c12-6-9-3-4-11(13-7-9)14-5-1-2-10(15)8-14/h3-4,7H,1-2,5,8H2. The predicted octanol–water partition coefficient (Wildman–Crippen LogP) is 1.12. The van der Waals surface area contributed by atoms with E-state index in [1.54, 1.807) is 12.1 Å². The fraction of sp³-hybridized carbons (Fsp3) is 0.364. The first-order valence-electron chi connectivity index (χ1n) is 4.92. The van der Waals surface area contributed by atoms with Gasteiger partial charge < -0.3 is 4.90 Å². The van der Waals surface area contributed by atoms with Crippen LogP contribution in [0.3, 0.4) is 0 Å². The number of rotatable bonds is 1. The summed E-state index contributed by atoms with van der Waals surface area (Å²) in [5, 5.41) is 8.62. The van der Waals surface area contributed by atoms with Crippen LogP contribution in [0, 0.1) is 11.3 Å². The number of Topliss-reactive ketones (excluding diaryl/α,β-unsaturated/α-hetero) is 1. The Kier molecular flexibility index (Phi) is 2.64. The molecule has 0 amide bonds. The number of carbonyl (C=O) groups excluding carboxylic acids is 1. The van der Waals surface area contributed by atoms with Gasteiger partial charge in [-0.05, 0) is 18.6 Å². The van der Waals surface area contributed by atoms with Crippen LogP contribution in [0.25, 0.3) is 0 Å². The summed E-state index contributed by atoms with van der Waals surface area (Å²) in [6.07, 6.45) is 3.10.